The first kappa shape index (κ1) is 9.86. The van der Waals surface area contributed by atoms with E-state index in [0.717, 1.165) is 17.1 Å². The second kappa shape index (κ2) is 4.72. The van der Waals surface area contributed by atoms with Crippen molar-refractivity contribution in [1.29, 1.82) is 0 Å². The third-order valence-corrected chi connectivity index (χ3v) is 1.76. The Hall–Kier alpha value is -1.22. The predicted octanol–water partition coefficient (Wildman–Crippen LogP) is 1.85. The Morgan fingerprint density at radius 1 is 1.00 bits per heavy atom. The van der Waals surface area contributed by atoms with Crippen LogP contribution in [0.1, 0.15) is 5.56 Å². The van der Waals surface area contributed by atoms with Gasteiger partial charge in [-0.1, -0.05) is 6.07 Å². The van der Waals surface area contributed by atoms with Gasteiger partial charge >= 0.3 is 0 Å². The van der Waals surface area contributed by atoms with Gasteiger partial charge in [0.15, 0.2) is 11.5 Å². The Labute approximate surface area is 78.2 Å². The maximum Gasteiger partial charge on any atom is 0.161 e. The van der Waals surface area contributed by atoms with Gasteiger partial charge in [0.05, 0.1) is 20.8 Å². The molecule has 0 N–H and O–H groups in total. The summed E-state index contributed by atoms with van der Waals surface area (Å²) in [6.45, 7) is 0.584. The molecule has 72 valence electrons. The third-order valence-electron chi connectivity index (χ3n) is 1.76. The van der Waals surface area contributed by atoms with E-state index in [1.807, 2.05) is 18.2 Å². The van der Waals surface area contributed by atoms with Crippen LogP contribution >= 0.6 is 0 Å². The summed E-state index contributed by atoms with van der Waals surface area (Å²) in [4.78, 5) is 0. The van der Waals surface area contributed by atoms with Crippen LogP contribution in [0.4, 0.5) is 0 Å². The van der Waals surface area contributed by atoms with Gasteiger partial charge < -0.3 is 14.2 Å². The largest absolute Gasteiger partial charge is 0.493 e. The number of hydrogen-bond acceptors (Lipinski definition) is 3. The van der Waals surface area contributed by atoms with Crippen LogP contribution in [0.5, 0.6) is 11.5 Å². The van der Waals surface area contributed by atoms with Crippen molar-refractivity contribution in [3.63, 3.8) is 0 Å². The molecule has 0 fully saturated rings. The topological polar surface area (TPSA) is 27.7 Å². The van der Waals surface area contributed by atoms with E-state index in [0.29, 0.717) is 6.61 Å². The van der Waals surface area contributed by atoms with Crippen LogP contribution < -0.4 is 9.47 Å². The lowest BCUT2D eigenvalue weighted by atomic mass is 10.2. The van der Waals surface area contributed by atoms with Gasteiger partial charge in [0, 0.05) is 7.11 Å². The first-order valence-electron chi connectivity index (χ1n) is 4.01. The van der Waals surface area contributed by atoms with Crippen LogP contribution in [-0.4, -0.2) is 21.3 Å². The smallest absolute Gasteiger partial charge is 0.161 e. The Balaban J connectivity index is 2.91. The SMILES string of the molecule is COCc1ccc(OC)c(OC)c1. The summed E-state index contributed by atoms with van der Waals surface area (Å²) in [7, 11) is 4.90. The number of rotatable bonds is 4. The minimum Gasteiger partial charge on any atom is -0.493 e. The fourth-order valence-corrected chi connectivity index (χ4v) is 1.14. The lowest BCUT2D eigenvalue weighted by molar-refractivity contribution is 0.184. The Morgan fingerprint density at radius 2 is 1.69 bits per heavy atom. The molecule has 0 aliphatic carbocycles. The molecule has 0 aliphatic heterocycles. The predicted molar refractivity (Wildman–Crippen MR) is 50.3 cm³/mol. The summed E-state index contributed by atoms with van der Waals surface area (Å²) in [5.41, 5.74) is 1.07. The first-order chi connectivity index (χ1) is 6.31. The summed E-state index contributed by atoms with van der Waals surface area (Å²) in [6.07, 6.45) is 0. The normalized spacial score (nSPS) is 9.77. The lowest BCUT2D eigenvalue weighted by Crippen LogP contribution is -1.93. The first-order valence-corrected chi connectivity index (χ1v) is 4.01. The molecule has 0 amide bonds. The van der Waals surface area contributed by atoms with E-state index in [4.69, 9.17) is 14.2 Å². The standard InChI is InChI=1S/C10H14O3/c1-11-7-8-4-5-9(12-2)10(6-8)13-3/h4-6H,7H2,1-3H3. The molecular formula is C10H14O3. The van der Waals surface area contributed by atoms with Gasteiger partial charge in [-0.25, -0.2) is 0 Å². The Kier molecular flexibility index (Phi) is 3.58. The molecule has 0 saturated carbocycles. The average Bonchev–Trinajstić information content (AvgIpc) is 2.18. The molecule has 1 aromatic carbocycles. The summed E-state index contributed by atoms with van der Waals surface area (Å²) in [5.74, 6) is 1.47. The van der Waals surface area contributed by atoms with E-state index >= 15 is 0 Å². The molecule has 0 bridgehead atoms. The van der Waals surface area contributed by atoms with E-state index in [1.165, 1.54) is 0 Å². The zero-order valence-corrected chi connectivity index (χ0v) is 8.16. The third kappa shape index (κ3) is 2.36. The number of ether oxygens (including phenoxy) is 3. The van der Waals surface area contributed by atoms with Gasteiger partial charge in [0.1, 0.15) is 0 Å². The van der Waals surface area contributed by atoms with Crippen molar-refractivity contribution in [2.24, 2.45) is 0 Å². The summed E-state index contributed by atoms with van der Waals surface area (Å²) in [6, 6.07) is 5.72. The summed E-state index contributed by atoms with van der Waals surface area (Å²) >= 11 is 0. The van der Waals surface area contributed by atoms with Crippen molar-refractivity contribution in [2.75, 3.05) is 21.3 Å². The van der Waals surface area contributed by atoms with Crippen molar-refractivity contribution < 1.29 is 14.2 Å². The molecule has 3 nitrogen and oxygen atoms in total. The molecule has 0 spiro atoms. The highest BCUT2D eigenvalue weighted by atomic mass is 16.5. The average molecular weight is 182 g/mol. The maximum absolute atomic E-state index is 5.14. The molecule has 1 rings (SSSR count). The van der Waals surface area contributed by atoms with Crippen molar-refractivity contribution in [3.05, 3.63) is 23.8 Å². The highest BCUT2D eigenvalue weighted by Crippen LogP contribution is 2.27. The van der Waals surface area contributed by atoms with Crippen molar-refractivity contribution in [1.82, 2.24) is 0 Å². The number of hydrogen-bond donors (Lipinski definition) is 0. The number of methoxy groups -OCH3 is 3. The highest BCUT2D eigenvalue weighted by molar-refractivity contribution is 5.42. The van der Waals surface area contributed by atoms with Gasteiger partial charge in [0.25, 0.3) is 0 Å². The zero-order valence-electron chi connectivity index (χ0n) is 8.16. The lowest BCUT2D eigenvalue weighted by Gasteiger charge is -2.08. The molecule has 3 heteroatoms. The van der Waals surface area contributed by atoms with E-state index in [-0.39, 0.29) is 0 Å². The quantitative estimate of drug-likeness (QED) is 0.711. The minimum absolute atomic E-state index is 0.584. The van der Waals surface area contributed by atoms with Crippen molar-refractivity contribution in [2.45, 2.75) is 6.61 Å². The molecule has 0 radical (unpaired) electrons. The van der Waals surface area contributed by atoms with Gasteiger partial charge in [-0.2, -0.15) is 0 Å². The van der Waals surface area contributed by atoms with Crippen molar-refractivity contribution >= 4 is 0 Å². The van der Waals surface area contributed by atoms with Crippen molar-refractivity contribution in [3.8, 4) is 11.5 Å². The van der Waals surface area contributed by atoms with Crippen LogP contribution in [0.2, 0.25) is 0 Å². The molecule has 0 aromatic heterocycles. The molecule has 1 aromatic rings. The molecule has 0 heterocycles. The Bertz CT molecular complexity index is 271. The minimum atomic E-state index is 0.584. The number of benzene rings is 1. The second-order valence-corrected chi connectivity index (χ2v) is 2.62. The monoisotopic (exact) mass is 182 g/mol. The molecule has 0 atom stereocenters. The fourth-order valence-electron chi connectivity index (χ4n) is 1.14. The van der Waals surface area contributed by atoms with E-state index < -0.39 is 0 Å². The van der Waals surface area contributed by atoms with Gasteiger partial charge in [-0.3, -0.25) is 0 Å². The molecule has 0 aliphatic rings. The molecule has 0 saturated heterocycles. The molecular weight excluding hydrogens is 168 g/mol. The Morgan fingerprint density at radius 3 is 2.23 bits per heavy atom. The van der Waals surface area contributed by atoms with Crippen LogP contribution in [0.25, 0.3) is 0 Å². The van der Waals surface area contributed by atoms with Gasteiger partial charge in [0.2, 0.25) is 0 Å². The van der Waals surface area contributed by atoms with Crippen LogP contribution in [0, 0.1) is 0 Å². The maximum atomic E-state index is 5.14. The molecule has 0 unspecified atom stereocenters. The second-order valence-electron chi connectivity index (χ2n) is 2.62. The zero-order chi connectivity index (χ0) is 9.68. The summed E-state index contributed by atoms with van der Waals surface area (Å²) < 4.78 is 15.3. The van der Waals surface area contributed by atoms with Crippen LogP contribution in [-0.2, 0) is 11.3 Å². The van der Waals surface area contributed by atoms with E-state index in [9.17, 15) is 0 Å². The van der Waals surface area contributed by atoms with Gasteiger partial charge in [-0.05, 0) is 17.7 Å². The molecule has 13 heavy (non-hydrogen) atoms. The van der Waals surface area contributed by atoms with Crippen LogP contribution in [0.15, 0.2) is 18.2 Å². The van der Waals surface area contributed by atoms with E-state index in [2.05, 4.69) is 0 Å². The van der Waals surface area contributed by atoms with Crippen LogP contribution in [0.3, 0.4) is 0 Å². The highest BCUT2D eigenvalue weighted by Gasteiger charge is 2.03. The van der Waals surface area contributed by atoms with Gasteiger partial charge in [-0.15, -0.1) is 0 Å². The summed E-state index contributed by atoms with van der Waals surface area (Å²) in [5, 5.41) is 0. The van der Waals surface area contributed by atoms with E-state index in [1.54, 1.807) is 21.3 Å². The fraction of sp³-hybridized carbons (Fsp3) is 0.400.